The number of hydrogen-bond donors (Lipinski definition) is 1. The predicted molar refractivity (Wildman–Crippen MR) is 56.4 cm³/mol. The number of carbonyl (C=O) groups is 1. The summed E-state index contributed by atoms with van der Waals surface area (Å²) < 4.78 is 42.7. The molecule has 1 aliphatic rings. The molecule has 0 spiro atoms. The highest BCUT2D eigenvalue weighted by molar-refractivity contribution is 9.10. The first-order valence-electron chi connectivity index (χ1n) is 4.67. The molecule has 7 heteroatoms. The maximum atomic E-state index is 12.6. The van der Waals surface area contributed by atoms with Gasteiger partial charge in [0.15, 0.2) is 0 Å². The lowest BCUT2D eigenvalue weighted by Gasteiger charge is -2.12. The van der Waals surface area contributed by atoms with Gasteiger partial charge in [0.25, 0.3) is 0 Å². The van der Waals surface area contributed by atoms with E-state index in [1.165, 1.54) is 6.07 Å². The number of hydrogen-bond acceptors (Lipinski definition) is 2. The Labute approximate surface area is 103 Å². The summed E-state index contributed by atoms with van der Waals surface area (Å²) in [6.45, 7) is 0.0343. The summed E-state index contributed by atoms with van der Waals surface area (Å²) in [5.41, 5.74) is -0.402. The molecule has 1 amide bonds. The lowest BCUT2D eigenvalue weighted by atomic mass is 10.0. The summed E-state index contributed by atoms with van der Waals surface area (Å²) in [4.78, 5) is 10.8. The van der Waals surface area contributed by atoms with Crippen molar-refractivity contribution in [1.29, 1.82) is 0 Å². The quantitative estimate of drug-likeness (QED) is 0.865. The van der Waals surface area contributed by atoms with Crippen LogP contribution >= 0.6 is 15.9 Å². The highest BCUT2D eigenvalue weighted by Crippen LogP contribution is 2.33. The molecular weight excluding hydrogens is 303 g/mol. The second kappa shape index (κ2) is 4.21. The van der Waals surface area contributed by atoms with E-state index in [9.17, 15) is 18.0 Å². The molecule has 0 aromatic heterocycles. The highest BCUT2D eigenvalue weighted by Gasteiger charge is 2.33. The first kappa shape index (κ1) is 12.2. The van der Waals surface area contributed by atoms with Gasteiger partial charge >= 0.3 is 12.3 Å². The van der Waals surface area contributed by atoms with Gasteiger partial charge in [0.05, 0.1) is 11.6 Å². The maximum Gasteiger partial charge on any atom is 0.416 e. The van der Waals surface area contributed by atoms with Crippen molar-refractivity contribution in [2.75, 3.05) is 6.61 Å². The molecule has 0 aliphatic carbocycles. The van der Waals surface area contributed by atoms with Crippen LogP contribution in [0.5, 0.6) is 0 Å². The van der Waals surface area contributed by atoms with Crippen LogP contribution in [0.3, 0.4) is 0 Å². The van der Waals surface area contributed by atoms with Gasteiger partial charge in [-0.3, -0.25) is 0 Å². The van der Waals surface area contributed by atoms with Crippen LogP contribution in [0.25, 0.3) is 0 Å². The molecule has 3 nitrogen and oxygen atoms in total. The smallest absolute Gasteiger partial charge is 0.416 e. The van der Waals surface area contributed by atoms with Crippen molar-refractivity contribution in [3.8, 4) is 0 Å². The SMILES string of the molecule is O=C1N[C@@H](c2cc(Br)cc(C(F)(F)F)c2)CO1. The van der Waals surface area contributed by atoms with Gasteiger partial charge in [0, 0.05) is 4.47 Å². The van der Waals surface area contributed by atoms with Crippen molar-refractivity contribution in [3.63, 3.8) is 0 Å². The summed E-state index contributed by atoms with van der Waals surface area (Å²) in [7, 11) is 0. The zero-order valence-electron chi connectivity index (χ0n) is 8.34. The number of alkyl halides is 3. The van der Waals surface area contributed by atoms with Crippen molar-refractivity contribution in [2.24, 2.45) is 0 Å². The third-order valence-corrected chi connectivity index (χ3v) is 2.78. The summed E-state index contributed by atoms with van der Waals surface area (Å²) in [6, 6.07) is 2.97. The first-order chi connectivity index (χ1) is 7.86. The Kier molecular flexibility index (Phi) is 3.03. The van der Waals surface area contributed by atoms with Gasteiger partial charge in [0.2, 0.25) is 0 Å². The molecule has 2 rings (SSSR count). The van der Waals surface area contributed by atoms with E-state index >= 15 is 0 Å². The largest absolute Gasteiger partial charge is 0.447 e. The van der Waals surface area contributed by atoms with Crippen LogP contribution < -0.4 is 5.32 Å². The van der Waals surface area contributed by atoms with E-state index in [0.29, 0.717) is 10.0 Å². The van der Waals surface area contributed by atoms with Crippen molar-refractivity contribution in [3.05, 3.63) is 33.8 Å². The molecule has 0 saturated carbocycles. The third kappa shape index (κ3) is 2.71. The normalized spacial score (nSPS) is 20.0. The van der Waals surface area contributed by atoms with Crippen LogP contribution in [0.4, 0.5) is 18.0 Å². The Bertz CT molecular complexity index is 461. The fourth-order valence-electron chi connectivity index (χ4n) is 1.54. The van der Waals surface area contributed by atoms with Crippen LogP contribution in [-0.4, -0.2) is 12.7 Å². The predicted octanol–water partition coefficient (Wildman–Crippen LogP) is 3.25. The van der Waals surface area contributed by atoms with Crippen molar-refractivity contribution in [2.45, 2.75) is 12.2 Å². The average molecular weight is 310 g/mol. The van der Waals surface area contributed by atoms with Gasteiger partial charge in [-0.25, -0.2) is 4.79 Å². The van der Waals surface area contributed by atoms with Crippen LogP contribution in [0, 0.1) is 0 Å². The van der Waals surface area contributed by atoms with Crippen molar-refractivity contribution >= 4 is 22.0 Å². The van der Waals surface area contributed by atoms with E-state index in [1.807, 2.05) is 0 Å². The molecule has 1 aromatic rings. The lowest BCUT2D eigenvalue weighted by Crippen LogP contribution is -2.19. The zero-order valence-corrected chi connectivity index (χ0v) is 9.93. The second-order valence-electron chi connectivity index (χ2n) is 3.57. The minimum absolute atomic E-state index is 0.0343. The van der Waals surface area contributed by atoms with Crippen LogP contribution in [0.1, 0.15) is 17.2 Å². The van der Waals surface area contributed by atoms with Crippen LogP contribution in [0.15, 0.2) is 22.7 Å². The first-order valence-corrected chi connectivity index (χ1v) is 5.46. The minimum atomic E-state index is -4.41. The van der Waals surface area contributed by atoms with E-state index in [0.717, 1.165) is 12.1 Å². The van der Waals surface area contributed by atoms with Gasteiger partial charge in [-0.15, -0.1) is 0 Å². The Morgan fingerprint density at radius 3 is 2.59 bits per heavy atom. The Balaban J connectivity index is 2.35. The standard InChI is InChI=1S/C10H7BrF3NO2/c11-7-2-5(8-4-17-9(16)15-8)1-6(3-7)10(12,13)14/h1-3,8H,4H2,(H,15,16)/t8-/m1/s1. The maximum absolute atomic E-state index is 12.6. The van der Waals surface area contributed by atoms with Crippen LogP contribution in [-0.2, 0) is 10.9 Å². The van der Waals surface area contributed by atoms with Gasteiger partial charge in [-0.1, -0.05) is 15.9 Å². The Morgan fingerprint density at radius 1 is 1.35 bits per heavy atom. The molecule has 1 aliphatic heterocycles. The number of ether oxygens (including phenoxy) is 1. The minimum Gasteiger partial charge on any atom is -0.447 e. The molecule has 1 N–H and O–H groups in total. The number of cyclic esters (lactones) is 1. The van der Waals surface area contributed by atoms with Gasteiger partial charge < -0.3 is 10.1 Å². The summed E-state index contributed by atoms with van der Waals surface area (Å²) in [5, 5.41) is 2.43. The Hall–Kier alpha value is -1.24. The second-order valence-corrected chi connectivity index (χ2v) is 4.48. The van der Waals surface area contributed by atoms with Gasteiger partial charge in [-0.2, -0.15) is 13.2 Å². The highest BCUT2D eigenvalue weighted by atomic mass is 79.9. The number of benzene rings is 1. The van der Waals surface area contributed by atoms with Crippen molar-refractivity contribution in [1.82, 2.24) is 5.32 Å². The fraction of sp³-hybridized carbons (Fsp3) is 0.300. The molecule has 1 aromatic carbocycles. The summed E-state index contributed by atoms with van der Waals surface area (Å²) >= 11 is 3.01. The molecule has 0 unspecified atom stereocenters. The lowest BCUT2D eigenvalue weighted by molar-refractivity contribution is -0.137. The van der Waals surface area contributed by atoms with Gasteiger partial charge in [0.1, 0.15) is 6.61 Å². The number of rotatable bonds is 1. The van der Waals surface area contributed by atoms with E-state index in [-0.39, 0.29) is 6.61 Å². The van der Waals surface area contributed by atoms with Gasteiger partial charge in [-0.05, 0) is 23.8 Å². The zero-order chi connectivity index (χ0) is 12.6. The average Bonchev–Trinajstić information content (AvgIpc) is 2.62. The molecular formula is C10H7BrF3NO2. The topological polar surface area (TPSA) is 38.3 Å². The number of amides is 1. The molecule has 92 valence electrons. The van der Waals surface area contributed by atoms with E-state index in [2.05, 4.69) is 26.0 Å². The summed E-state index contributed by atoms with van der Waals surface area (Å²) in [6.07, 6.45) is -5.04. The molecule has 17 heavy (non-hydrogen) atoms. The van der Waals surface area contributed by atoms with E-state index in [1.54, 1.807) is 0 Å². The Morgan fingerprint density at radius 2 is 2.06 bits per heavy atom. The molecule has 0 radical (unpaired) electrons. The fourth-order valence-corrected chi connectivity index (χ4v) is 2.05. The monoisotopic (exact) mass is 309 g/mol. The molecule has 1 atom stereocenters. The van der Waals surface area contributed by atoms with E-state index < -0.39 is 23.9 Å². The van der Waals surface area contributed by atoms with Crippen LogP contribution in [0.2, 0.25) is 0 Å². The van der Waals surface area contributed by atoms with Crippen molar-refractivity contribution < 1.29 is 22.7 Å². The molecule has 0 bridgehead atoms. The number of nitrogens with one attached hydrogen (secondary N) is 1. The number of halogens is 4. The number of carbonyl (C=O) groups excluding carboxylic acids is 1. The third-order valence-electron chi connectivity index (χ3n) is 2.32. The summed E-state index contributed by atoms with van der Waals surface area (Å²) in [5.74, 6) is 0. The molecule has 1 fully saturated rings. The molecule has 1 heterocycles. The molecule has 1 saturated heterocycles. The van der Waals surface area contributed by atoms with E-state index in [4.69, 9.17) is 0 Å². The number of alkyl carbamates (subject to hydrolysis) is 1.